The highest BCUT2D eigenvalue weighted by Gasteiger charge is 2.17. The van der Waals surface area contributed by atoms with E-state index in [1.54, 1.807) is 11.0 Å². The summed E-state index contributed by atoms with van der Waals surface area (Å²) in [5.41, 5.74) is 2.37. The number of hydrogen-bond donors (Lipinski definition) is 1. The van der Waals surface area contributed by atoms with Gasteiger partial charge >= 0.3 is 0 Å². The first-order valence-electron chi connectivity index (χ1n) is 6.50. The van der Waals surface area contributed by atoms with Gasteiger partial charge in [-0.1, -0.05) is 29.1 Å². The van der Waals surface area contributed by atoms with E-state index in [1.165, 1.54) is 19.2 Å². The van der Waals surface area contributed by atoms with Crippen molar-refractivity contribution in [2.75, 3.05) is 0 Å². The molecule has 1 saturated carbocycles. The van der Waals surface area contributed by atoms with E-state index in [0.717, 1.165) is 11.1 Å². The molecule has 0 amide bonds. The molecule has 5 heteroatoms. The Labute approximate surface area is 117 Å². The van der Waals surface area contributed by atoms with E-state index in [1.807, 2.05) is 24.3 Å². The summed E-state index contributed by atoms with van der Waals surface area (Å²) < 4.78 is 1.61. The highest BCUT2D eigenvalue weighted by Crippen LogP contribution is 2.27. The molecule has 0 unspecified atom stereocenters. The van der Waals surface area contributed by atoms with Crippen molar-refractivity contribution in [2.24, 2.45) is 11.1 Å². The molecular formula is C15H14N4O. The van der Waals surface area contributed by atoms with Crippen molar-refractivity contribution in [3.63, 3.8) is 0 Å². The number of rotatable bonds is 3. The van der Waals surface area contributed by atoms with Gasteiger partial charge in [-0.2, -0.15) is 5.10 Å². The van der Waals surface area contributed by atoms with Gasteiger partial charge in [0.05, 0.1) is 6.54 Å². The van der Waals surface area contributed by atoms with Gasteiger partial charge in [0.15, 0.2) is 0 Å². The van der Waals surface area contributed by atoms with E-state index in [0.29, 0.717) is 18.2 Å². The minimum atomic E-state index is 0.379. The first-order valence-corrected chi connectivity index (χ1v) is 6.50. The molecule has 100 valence electrons. The Hall–Kier alpha value is -2.61. The van der Waals surface area contributed by atoms with Crippen LogP contribution in [0.2, 0.25) is 0 Å². The van der Waals surface area contributed by atoms with Crippen molar-refractivity contribution in [2.45, 2.75) is 19.4 Å². The number of oxime groups is 1. The van der Waals surface area contributed by atoms with Gasteiger partial charge in [-0.25, -0.2) is 9.67 Å². The molecule has 1 fully saturated rings. The first-order chi connectivity index (χ1) is 9.85. The van der Waals surface area contributed by atoms with Crippen LogP contribution in [0.1, 0.15) is 24.0 Å². The fraction of sp³-hybridized carbons (Fsp3) is 0.267. The number of aromatic nitrogens is 3. The smallest absolute Gasteiger partial charge is 0.137 e. The molecule has 1 heterocycles. The third kappa shape index (κ3) is 3.04. The molecule has 3 rings (SSSR count). The van der Waals surface area contributed by atoms with Crippen LogP contribution >= 0.6 is 0 Å². The second-order valence-corrected chi connectivity index (χ2v) is 4.76. The minimum Gasteiger partial charge on any atom is -0.411 e. The van der Waals surface area contributed by atoms with Crippen LogP contribution in [0.4, 0.5) is 0 Å². The van der Waals surface area contributed by atoms with Crippen LogP contribution in [0.5, 0.6) is 0 Å². The fourth-order valence-electron chi connectivity index (χ4n) is 1.81. The molecule has 20 heavy (non-hydrogen) atoms. The lowest BCUT2D eigenvalue weighted by Crippen LogP contribution is -2.12. The average Bonchev–Trinajstić information content (AvgIpc) is 3.18. The molecule has 1 aromatic heterocycles. The molecule has 2 aromatic rings. The SMILES string of the molecule is O/N=C(\Cn1cncn1)c1ccc(C#CC2CC2)cc1. The predicted molar refractivity (Wildman–Crippen MR) is 74.4 cm³/mol. The fourth-order valence-corrected chi connectivity index (χ4v) is 1.81. The summed E-state index contributed by atoms with van der Waals surface area (Å²) in [6.07, 6.45) is 5.49. The maximum Gasteiger partial charge on any atom is 0.137 e. The molecule has 0 saturated heterocycles. The summed E-state index contributed by atoms with van der Waals surface area (Å²) >= 11 is 0. The van der Waals surface area contributed by atoms with Gasteiger partial charge < -0.3 is 5.21 Å². The Bertz CT molecular complexity index is 658. The molecule has 0 spiro atoms. The van der Waals surface area contributed by atoms with Gasteiger partial charge in [-0.15, -0.1) is 0 Å². The lowest BCUT2D eigenvalue weighted by Gasteiger charge is -2.04. The second kappa shape index (κ2) is 5.57. The minimum absolute atomic E-state index is 0.379. The molecule has 0 radical (unpaired) electrons. The monoisotopic (exact) mass is 266 g/mol. The molecule has 1 aliphatic rings. The molecular weight excluding hydrogens is 252 g/mol. The maximum absolute atomic E-state index is 9.13. The first kappa shape index (κ1) is 12.4. The van der Waals surface area contributed by atoms with E-state index >= 15 is 0 Å². The second-order valence-electron chi connectivity index (χ2n) is 4.76. The normalized spacial score (nSPS) is 14.7. The van der Waals surface area contributed by atoms with Crippen molar-refractivity contribution >= 4 is 5.71 Å². The third-order valence-corrected chi connectivity index (χ3v) is 3.12. The van der Waals surface area contributed by atoms with E-state index in [4.69, 9.17) is 5.21 Å². The van der Waals surface area contributed by atoms with Crippen molar-refractivity contribution in [3.8, 4) is 11.8 Å². The zero-order valence-corrected chi connectivity index (χ0v) is 10.9. The highest BCUT2D eigenvalue weighted by molar-refractivity contribution is 6.00. The van der Waals surface area contributed by atoms with Crippen LogP contribution in [0.15, 0.2) is 42.1 Å². The van der Waals surface area contributed by atoms with Gasteiger partial charge in [0.25, 0.3) is 0 Å². The third-order valence-electron chi connectivity index (χ3n) is 3.12. The summed E-state index contributed by atoms with van der Waals surface area (Å²) in [6, 6.07) is 7.69. The van der Waals surface area contributed by atoms with E-state index < -0.39 is 0 Å². The van der Waals surface area contributed by atoms with E-state index in [-0.39, 0.29) is 0 Å². The van der Waals surface area contributed by atoms with Crippen LogP contribution in [-0.4, -0.2) is 25.7 Å². The number of nitrogens with zero attached hydrogens (tertiary/aromatic N) is 4. The molecule has 1 N–H and O–H groups in total. The van der Waals surface area contributed by atoms with Crippen LogP contribution in [0.3, 0.4) is 0 Å². The van der Waals surface area contributed by atoms with Crippen molar-refractivity contribution < 1.29 is 5.21 Å². The number of benzene rings is 1. The van der Waals surface area contributed by atoms with Crippen LogP contribution in [-0.2, 0) is 6.54 Å². The Balaban J connectivity index is 1.74. The molecule has 0 bridgehead atoms. The van der Waals surface area contributed by atoms with Gasteiger partial charge in [0.2, 0.25) is 0 Å². The van der Waals surface area contributed by atoms with E-state index in [9.17, 15) is 0 Å². The largest absolute Gasteiger partial charge is 0.411 e. The lowest BCUT2D eigenvalue weighted by atomic mass is 10.1. The maximum atomic E-state index is 9.13. The summed E-state index contributed by atoms with van der Waals surface area (Å²) in [4.78, 5) is 3.86. The topological polar surface area (TPSA) is 63.3 Å². The molecule has 0 atom stereocenters. The molecule has 0 aliphatic heterocycles. The van der Waals surface area contributed by atoms with Crippen molar-refractivity contribution in [1.82, 2.24) is 14.8 Å². The zero-order chi connectivity index (χ0) is 13.8. The Morgan fingerprint density at radius 3 is 2.75 bits per heavy atom. The summed E-state index contributed by atoms with van der Waals surface area (Å²) in [7, 11) is 0. The Morgan fingerprint density at radius 2 is 2.15 bits per heavy atom. The van der Waals surface area contributed by atoms with E-state index in [2.05, 4.69) is 27.1 Å². The highest BCUT2D eigenvalue weighted by atomic mass is 16.4. The summed E-state index contributed by atoms with van der Waals surface area (Å²) in [5.74, 6) is 6.97. The van der Waals surface area contributed by atoms with Gasteiger partial charge in [0, 0.05) is 17.0 Å². The summed E-state index contributed by atoms with van der Waals surface area (Å²) in [6.45, 7) is 0.379. The molecule has 1 aliphatic carbocycles. The lowest BCUT2D eigenvalue weighted by molar-refractivity contribution is 0.317. The Morgan fingerprint density at radius 1 is 1.35 bits per heavy atom. The quantitative estimate of drug-likeness (QED) is 0.399. The predicted octanol–water partition coefficient (Wildman–Crippen LogP) is 1.92. The Kier molecular flexibility index (Phi) is 3.46. The van der Waals surface area contributed by atoms with Crippen LogP contribution < -0.4 is 0 Å². The molecule has 1 aromatic carbocycles. The standard InChI is InChI=1S/C15H14N4O/c20-18-15(9-19-11-16-10-17-19)14-7-5-13(6-8-14)4-3-12-1-2-12/h5-8,10-12,20H,1-2,9H2/b18-15+. The zero-order valence-electron chi connectivity index (χ0n) is 10.9. The van der Waals surface area contributed by atoms with Crippen LogP contribution in [0.25, 0.3) is 0 Å². The van der Waals surface area contributed by atoms with Gasteiger partial charge in [-0.05, 0) is 25.0 Å². The average molecular weight is 266 g/mol. The van der Waals surface area contributed by atoms with Crippen molar-refractivity contribution in [3.05, 3.63) is 48.0 Å². The summed E-state index contributed by atoms with van der Waals surface area (Å²) in [5, 5.41) is 16.5. The van der Waals surface area contributed by atoms with Crippen LogP contribution in [0, 0.1) is 17.8 Å². The van der Waals surface area contributed by atoms with Gasteiger partial charge in [0.1, 0.15) is 18.4 Å². The van der Waals surface area contributed by atoms with Gasteiger partial charge in [-0.3, -0.25) is 0 Å². The van der Waals surface area contributed by atoms with Crippen molar-refractivity contribution in [1.29, 1.82) is 0 Å². The molecule has 5 nitrogen and oxygen atoms in total. The number of hydrogen-bond acceptors (Lipinski definition) is 4.